The van der Waals surface area contributed by atoms with E-state index in [0.29, 0.717) is 25.8 Å². The summed E-state index contributed by atoms with van der Waals surface area (Å²) in [6, 6.07) is 3.06. The van der Waals surface area contributed by atoms with Crippen LogP contribution in [-0.2, 0) is 16.0 Å². The Morgan fingerprint density at radius 1 is 1.42 bits per heavy atom. The summed E-state index contributed by atoms with van der Waals surface area (Å²) in [4.78, 5) is 24.8. The number of carbonyl (C=O) groups is 2. The summed E-state index contributed by atoms with van der Waals surface area (Å²) in [6.45, 7) is 2.41. The van der Waals surface area contributed by atoms with Crippen LogP contribution in [0.25, 0.3) is 0 Å². The van der Waals surface area contributed by atoms with Crippen molar-refractivity contribution in [3.8, 4) is 0 Å². The Balaban J connectivity index is 1.92. The van der Waals surface area contributed by atoms with E-state index in [0.717, 1.165) is 24.4 Å². The van der Waals surface area contributed by atoms with Gasteiger partial charge in [0.05, 0.1) is 0 Å². The van der Waals surface area contributed by atoms with Gasteiger partial charge in [0.15, 0.2) is 0 Å². The fourth-order valence-corrected chi connectivity index (χ4v) is 2.48. The summed E-state index contributed by atoms with van der Waals surface area (Å²) < 4.78 is 5.41. The number of likely N-dealkylation sites (tertiary alicyclic amines) is 1. The highest BCUT2D eigenvalue weighted by molar-refractivity contribution is 5.83. The first-order chi connectivity index (χ1) is 9.08. The first-order valence-corrected chi connectivity index (χ1v) is 6.65. The number of amides is 1. The second-order valence-corrected chi connectivity index (χ2v) is 4.95. The van der Waals surface area contributed by atoms with Gasteiger partial charge >= 0.3 is 5.97 Å². The molecule has 1 aliphatic heterocycles. The molecule has 0 bridgehead atoms. The molecule has 19 heavy (non-hydrogen) atoms. The lowest BCUT2D eigenvalue weighted by atomic mass is 10.0. The lowest BCUT2D eigenvalue weighted by molar-refractivity contribution is -0.152. The van der Waals surface area contributed by atoms with Crippen LogP contribution in [0.4, 0.5) is 0 Å². The zero-order valence-electron chi connectivity index (χ0n) is 11.1. The fourth-order valence-electron chi connectivity index (χ4n) is 2.48. The third-order valence-corrected chi connectivity index (χ3v) is 3.49. The summed E-state index contributed by atoms with van der Waals surface area (Å²) in [5.74, 6) is 0.599. The normalized spacial score (nSPS) is 19.4. The maximum absolute atomic E-state index is 12.1. The van der Waals surface area contributed by atoms with Gasteiger partial charge in [0, 0.05) is 19.4 Å². The van der Waals surface area contributed by atoms with Gasteiger partial charge in [-0.25, -0.2) is 4.79 Å². The second kappa shape index (κ2) is 5.91. The number of aliphatic carboxylic acids is 1. The number of carboxylic acid groups (broad SMARTS) is 1. The summed E-state index contributed by atoms with van der Waals surface area (Å²) in [7, 11) is 0. The smallest absolute Gasteiger partial charge is 0.326 e. The summed E-state index contributed by atoms with van der Waals surface area (Å²) >= 11 is 0. The molecule has 104 valence electrons. The third-order valence-electron chi connectivity index (χ3n) is 3.49. The minimum absolute atomic E-state index is 0.0962. The number of furan rings is 1. The van der Waals surface area contributed by atoms with E-state index in [4.69, 9.17) is 9.52 Å². The van der Waals surface area contributed by atoms with E-state index in [-0.39, 0.29) is 5.91 Å². The molecule has 0 spiro atoms. The SMILES string of the molecule is Cc1ccc(CCC(=O)N2CCCC[C@@H]2C(=O)O)o1. The number of rotatable bonds is 4. The molecular formula is C14H19NO4. The highest BCUT2D eigenvalue weighted by Crippen LogP contribution is 2.19. The summed E-state index contributed by atoms with van der Waals surface area (Å²) in [5.41, 5.74) is 0. The van der Waals surface area contributed by atoms with Gasteiger partial charge in [0.1, 0.15) is 17.6 Å². The molecule has 5 nitrogen and oxygen atoms in total. The van der Waals surface area contributed by atoms with Crippen molar-refractivity contribution >= 4 is 11.9 Å². The monoisotopic (exact) mass is 265 g/mol. The lowest BCUT2D eigenvalue weighted by Gasteiger charge is -2.33. The Bertz CT molecular complexity index is 466. The molecule has 0 saturated carbocycles. The van der Waals surface area contributed by atoms with Crippen LogP contribution in [0, 0.1) is 6.92 Å². The predicted octanol–water partition coefficient (Wildman–Crippen LogP) is 1.99. The van der Waals surface area contributed by atoms with Crippen LogP contribution in [0.2, 0.25) is 0 Å². The largest absolute Gasteiger partial charge is 0.480 e. The molecule has 0 aliphatic carbocycles. The van der Waals surface area contributed by atoms with Gasteiger partial charge in [-0.1, -0.05) is 0 Å². The summed E-state index contributed by atoms with van der Waals surface area (Å²) in [6.07, 6.45) is 3.14. The summed E-state index contributed by atoms with van der Waals surface area (Å²) in [5, 5.41) is 9.13. The average molecular weight is 265 g/mol. The van der Waals surface area contributed by atoms with Crippen molar-refractivity contribution in [3.05, 3.63) is 23.7 Å². The highest BCUT2D eigenvalue weighted by atomic mass is 16.4. The predicted molar refractivity (Wildman–Crippen MR) is 68.8 cm³/mol. The molecule has 1 N–H and O–H groups in total. The fraction of sp³-hybridized carbons (Fsp3) is 0.571. The topological polar surface area (TPSA) is 70.8 Å². The molecule has 1 saturated heterocycles. The average Bonchev–Trinajstić information content (AvgIpc) is 2.81. The van der Waals surface area contributed by atoms with Gasteiger partial charge in [-0.15, -0.1) is 0 Å². The van der Waals surface area contributed by atoms with Crippen molar-refractivity contribution < 1.29 is 19.1 Å². The van der Waals surface area contributed by atoms with E-state index < -0.39 is 12.0 Å². The number of hydrogen-bond donors (Lipinski definition) is 1. The Morgan fingerprint density at radius 2 is 2.21 bits per heavy atom. The van der Waals surface area contributed by atoms with Crippen LogP contribution in [0.1, 0.15) is 37.2 Å². The zero-order valence-corrected chi connectivity index (χ0v) is 11.1. The van der Waals surface area contributed by atoms with Crippen LogP contribution in [-0.4, -0.2) is 34.5 Å². The molecule has 1 atom stereocenters. The Morgan fingerprint density at radius 3 is 2.84 bits per heavy atom. The molecule has 0 unspecified atom stereocenters. The van der Waals surface area contributed by atoms with Crippen LogP contribution in [0.15, 0.2) is 16.5 Å². The van der Waals surface area contributed by atoms with E-state index in [1.54, 1.807) is 0 Å². The number of carboxylic acids is 1. The van der Waals surface area contributed by atoms with Crippen molar-refractivity contribution in [2.45, 2.75) is 45.1 Å². The maximum atomic E-state index is 12.1. The number of piperidine rings is 1. The minimum atomic E-state index is -0.901. The number of aryl methyl sites for hydroxylation is 2. The third kappa shape index (κ3) is 3.36. The second-order valence-electron chi connectivity index (χ2n) is 4.95. The highest BCUT2D eigenvalue weighted by Gasteiger charge is 2.31. The molecule has 2 rings (SSSR count). The number of hydrogen-bond acceptors (Lipinski definition) is 3. The molecule has 1 aromatic rings. The van der Waals surface area contributed by atoms with Crippen molar-refractivity contribution in [1.82, 2.24) is 4.90 Å². The minimum Gasteiger partial charge on any atom is -0.480 e. The molecule has 0 aromatic carbocycles. The molecule has 1 amide bonds. The van der Waals surface area contributed by atoms with E-state index in [1.807, 2.05) is 19.1 Å². The first-order valence-electron chi connectivity index (χ1n) is 6.65. The quantitative estimate of drug-likeness (QED) is 0.903. The van der Waals surface area contributed by atoms with Gasteiger partial charge in [0.2, 0.25) is 5.91 Å². The molecule has 1 fully saturated rings. The molecule has 2 heterocycles. The van der Waals surface area contributed by atoms with Gasteiger partial charge < -0.3 is 14.4 Å². The standard InChI is InChI=1S/C14H19NO4/c1-10-5-6-11(19-10)7-8-13(16)15-9-3-2-4-12(15)14(17)18/h5-6,12H,2-4,7-9H2,1H3,(H,17,18)/t12-/m1/s1. The van der Waals surface area contributed by atoms with Crippen molar-refractivity contribution in [2.24, 2.45) is 0 Å². The van der Waals surface area contributed by atoms with Crippen LogP contribution >= 0.6 is 0 Å². The van der Waals surface area contributed by atoms with Crippen LogP contribution in [0.3, 0.4) is 0 Å². The number of carbonyl (C=O) groups excluding carboxylic acids is 1. The molecular weight excluding hydrogens is 246 g/mol. The van der Waals surface area contributed by atoms with Crippen molar-refractivity contribution in [3.63, 3.8) is 0 Å². The van der Waals surface area contributed by atoms with E-state index in [2.05, 4.69) is 0 Å². The van der Waals surface area contributed by atoms with Gasteiger partial charge in [-0.2, -0.15) is 0 Å². The van der Waals surface area contributed by atoms with Crippen LogP contribution < -0.4 is 0 Å². The Kier molecular flexibility index (Phi) is 4.24. The Hall–Kier alpha value is -1.78. The zero-order chi connectivity index (χ0) is 13.8. The van der Waals surface area contributed by atoms with E-state index in [1.165, 1.54) is 4.90 Å². The lowest BCUT2D eigenvalue weighted by Crippen LogP contribution is -2.48. The van der Waals surface area contributed by atoms with Gasteiger partial charge in [-0.05, 0) is 38.3 Å². The first kappa shape index (κ1) is 13.6. The van der Waals surface area contributed by atoms with E-state index >= 15 is 0 Å². The molecule has 0 radical (unpaired) electrons. The van der Waals surface area contributed by atoms with E-state index in [9.17, 15) is 9.59 Å². The number of nitrogens with zero attached hydrogens (tertiary/aromatic N) is 1. The van der Waals surface area contributed by atoms with Crippen LogP contribution in [0.5, 0.6) is 0 Å². The van der Waals surface area contributed by atoms with Crippen molar-refractivity contribution in [2.75, 3.05) is 6.54 Å². The molecule has 5 heteroatoms. The van der Waals surface area contributed by atoms with Gasteiger partial charge in [-0.3, -0.25) is 4.79 Å². The Labute approximate surface area is 112 Å². The van der Waals surface area contributed by atoms with Gasteiger partial charge in [0.25, 0.3) is 0 Å². The molecule has 1 aromatic heterocycles. The maximum Gasteiger partial charge on any atom is 0.326 e. The molecule has 1 aliphatic rings. The van der Waals surface area contributed by atoms with Crippen molar-refractivity contribution in [1.29, 1.82) is 0 Å².